The lowest BCUT2D eigenvalue weighted by Gasteiger charge is -2.25. The summed E-state index contributed by atoms with van der Waals surface area (Å²) in [6, 6.07) is 2.88. The van der Waals surface area contributed by atoms with Gasteiger partial charge < -0.3 is 0 Å². The molecule has 0 N–H and O–H groups in total. The van der Waals surface area contributed by atoms with Gasteiger partial charge in [0.25, 0.3) is 0 Å². The minimum atomic E-state index is -0.515. The Kier molecular flexibility index (Phi) is 3.66. The highest BCUT2D eigenvalue weighted by atomic mass is 19.1. The molecule has 2 saturated carbocycles. The lowest BCUT2D eigenvalue weighted by Crippen LogP contribution is -2.32. The van der Waals surface area contributed by atoms with Crippen molar-refractivity contribution in [2.24, 2.45) is 22.9 Å². The van der Waals surface area contributed by atoms with Crippen LogP contribution >= 0.6 is 0 Å². The number of halogens is 2. The summed E-state index contributed by atoms with van der Waals surface area (Å²) in [6.07, 6.45) is 7.63. The van der Waals surface area contributed by atoms with Gasteiger partial charge in [0.05, 0.1) is 6.04 Å². The molecule has 23 heavy (non-hydrogen) atoms. The Morgan fingerprint density at radius 1 is 1.17 bits per heavy atom. The predicted octanol–water partition coefficient (Wildman–Crippen LogP) is 4.05. The van der Waals surface area contributed by atoms with Gasteiger partial charge in [0.1, 0.15) is 11.6 Å². The van der Waals surface area contributed by atoms with E-state index in [0.29, 0.717) is 18.3 Å². The molecule has 0 bridgehead atoms. The van der Waals surface area contributed by atoms with Crippen LogP contribution in [0, 0.1) is 29.4 Å². The van der Waals surface area contributed by atoms with Gasteiger partial charge in [0.15, 0.2) is 0 Å². The molecule has 1 heterocycles. The Morgan fingerprint density at radius 2 is 1.91 bits per heavy atom. The summed E-state index contributed by atoms with van der Waals surface area (Å²) >= 11 is 0. The fraction of sp³-hybridized carbons (Fsp3) is 0.556. The fourth-order valence-electron chi connectivity index (χ4n) is 4.60. The average Bonchev–Trinajstić information content (AvgIpc) is 3.23. The Labute approximate surface area is 134 Å². The van der Waals surface area contributed by atoms with Crippen LogP contribution < -0.4 is 0 Å². The highest BCUT2D eigenvalue weighted by Crippen LogP contribution is 2.48. The molecule has 3 aliphatic rings. The van der Waals surface area contributed by atoms with Gasteiger partial charge in [-0.25, -0.2) is 13.8 Å². The largest absolute Gasteiger partial charge is 0.273 e. The van der Waals surface area contributed by atoms with Gasteiger partial charge in [0.2, 0.25) is 5.91 Å². The number of hydrogen-bond donors (Lipinski definition) is 0. The van der Waals surface area contributed by atoms with Gasteiger partial charge in [-0.2, -0.15) is 5.10 Å². The number of amides is 1. The molecule has 1 aromatic rings. The SMILES string of the molecule is O=C(C1CC2CCCC2C1)N1N=CCC1c1cc(F)ccc1F. The summed E-state index contributed by atoms with van der Waals surface area (Å²) in [5.74, 6) is 0.320. The van der Waals surface area contributed by atoms with E-state index in [4.69, 9.17) is 0 Å². The van der Waals surface area contributed by atoms with Crippen LogP contribution in [0.4, 0.5) is 8.78 Å². The van der Waals surface area contributed by atoms with E-state index in [1.54, 1.807) is 6.21 Å². The normalized spacial score (nSPS) is 32.5. The van der Waals surface area contributed by atoms with Gasteiger partial charge in [-0.15, -0.1) is 0 Å². The number of rotatable bonds is 2. The van der Waals surface area contributed by atoms with Crippen LogP contribution in [-0.4, -0.2) is 17.1 Å². The summed E-state index contributed by atoms with van der Waals surface area (Å²) in [5, 5.41) is 5.56. The summed E-state index contributed by atoms with van der Waals surface area (Å²) in [6.45, 7) is 0. The summed E-state index contributed by atoms with van der Waals surface area (Å²) in [7, 11) is 0. The van der Waals surface area contributed by atoms with Crippen molar-refractivity contribution in [3.05, 3.63) is 35.4 Å². The summed E-state index contributed by atoms with van der Waals surface area (Å²) < 4.78 is 27.5. The maximum absolute atomic E-state index is 14.1. The monoisotopic (exact) mass is 318 g/mol. The number of carbonyl (C=O) groups excluding carboxylic acids is 1. The Balaban J connectivity index is 1.54. The third kappa shape index (κ3) is 2.56. The van der Waals surface area contributed by atoms with E-state index < -0.39 is 17.7 Å². The molecule has 3 nitrogen and oxygen atoms in total. The Hall–Kier alpha value is -1.78. The molecule has 5 heteroatoms. The third-order valence-electron chi connectivity index (χ3n) is 5.71. The van der Waals surface area contributed by atoms with Crippen LogP contribution in [0.5, 0.6) is 0 Å². The maximum Gasteiger partial charge on any atom is 0.246 e. The van der Waals surface area contributed by atoms with Crippen LogP contribution in [-0.2, 0) is 4.79 Å². The highest BCUT2D eigenvalue weighted by molar-refractivity contribution is 5.82. The lowest BCUT2D eigenvalue weighted by molar-refractivity contribution is -0.137. The molecule has 2 fully saturated rings. The molecule has 3 unspecified atom stereocenters. The summed E-state index contributed by atoms with van der Waals surface area (Å²) in [4.78, 5) is 12.9. The number of hydrazone groups is 1. The third-order valence-corrected chi connectivity index (χ3v) is 5.71. The van der Waals surface area contributed by atoms with Gasteiger partial charge in [-0.1, -0.05) is 19.3 Å². The molecular formula is C18H20F2N2O. The van der Waals surface area contributed by atoms with Crippen LogP contribution in [0.2, 0.25) is 0 Å². The first-order chi connectivity index (χ1) is 11.1. The Bertz CT molecular complexity index is 648. The Morgan fingerprint density at radius 3 is 2.65 bits per heavy atom. The van der Waals surface area contributed by atoms with Gasteiger partial charge in [-0.05, 0) is 42.9 Å². The summed E-state index contributed by atoms with van der Waals surface area (Å²) in [5.41, 5.74) is 0.217. The number of benzene rings is 1. The first kappa shape index (κ1) is 14.8. The molecule has 4 rings (SSSR count). The molecule has 0 spiro atoms. The maximum atomic E-state index is 14.1. The van der Waals surface area contributed by atoms with E-state index in [2.05, 4.69) is 5.10 Å². The number of carbonyl (C=O) groups is 1. The van der Waals surface area contributed by atoms with E-state index in [9.17, 15) is 13.6 Å². The number of hydrogen-bond acceptors (Lipinski definition) is 2. The van der Waals surface area contributed by atoms with Crippen LogP contribution in [0.1, 0.15) is 50.1 Å². The molecule has 0 aromatic heterocycles. The first-order valence-electron chi connectivity index (χ1n) is 8.44. The molecule has 2 aliphatic carbocycles. The molecule has 1 aromatic carbocycles. The topological polar surface area (TPSA) is 32.7 Å². The zero-order chi connectivity index (χ0) is 16.0. The molecule has 1 amide bonds. The van der Waals surface area contributed by atoms with Crippen LogP contribution in [0.3, 0.4) is 0 Å². The van der Waals surface area contributed by atoms with Crippen LogP contribution in [0.15, 0.2) is 23.3 Å². The average molecular weight is 318 g/mol. The van der Waals surface area contributed by atoms with Gasteiger partial charge in [0, 0.05) is 24.1 Å². The molecule has 0 radical (unpaired) electrons. The second-order valence-electron chi connectivity index (χ2n) is 7.02. The van der Waals surface area contributed by atoms with E-state index in [1.165, 1.54) is 30.3 Å². The number of nitrogens with zero attached hydrogens (tertiary/aromatic N) is 2. The van der Waals surface area contributed by atoms with Crippen molar-refractivity contribution >= 4 is 12.1 Å². The van der Waals surface area contributed by atoms with Gasteiger partial charge in [-0.3, -0.25) is 4.79 Å². The standard InChI is InChI=1S/C18H20F2N2O/c19-14-4-5-16(20)15(10-14)17-6-7-21-22(17)18(23)13-8-11-2-1-3-12(11)9-13/h4-5,7,10-13,17H,1-3,6,8-9H2. The van der Waals surface area contributed by atoms with E-state index in [-0.39, 0.29) is 17.4 Å². The zero-order valence-corrected chi connectivity index (χ0v) is 12.9. The minimum Gasteiger partial charge on any atom is -0.273 e. The van der Waals surface area contributed by atoms with Crippen molar-refractivity contribution in [2.75, 3.05) is 0 Å². The first-order valence-corrected chi connectivity index (χ1v) is 8.44. The molecule has 3 atom stereocenters. The minimum absolute atomic E-state index is 0.0142. The fourth-order valence-corrected chi connectivity index (χ4v) is 4.60. The van der Waals surface area contributed by atoms with Crippen LogP contribution in [0.25, 0.3) is 0 Å². The van der Waals surface area contributed by atoms with Crippen molar-refractivity contribution in [1.82, 2.24) is 5.01 Å². The molecule has 122 valence electrons. The molecule has 1 aliphatic heterocycles. The van der Waals surface area contributed by atoms with Crippen molar-refractivity contribution in [3.8, 4) is 0 Å². The van der Waals surface area contributed by atoms with E-state index >= 15 is 0 Å². The van der Waals surface area contributed by atoms with Crippen molar-refractivity contribution in [3.63, 3.8) is 0 Å². The second-order valence-corrected chi connectivity index (χ2v) is 7.02. The second kappa shape index (κ2) is 5.69. The van der Waals surface area contributed by atoms with Crippen molar-refractivity contribution in [2.45, 2.75) is 44.6 Å². The van der Waals surface area contributed by atoms with E-state index in [0.717, 1.165) is 25.0 Å². The molecular weight excluding hydrogens is 298 g/mol. The zero-order valence-electron chi connectivity index (χ0n) is 12.9. The van der Waals surface area contributed by atoms with Crippen molar-refractivity contribution < 1.29 is 13.6 Å². The van der Waals surface area contributed by atoms with Gasteiger partial charge >= 0.3 is 0 Å². The quantitative estimate of drug-likeness (QED) is 0.809. The molecule has 0 saturated heterocycles. The lowest BCUT2D eigenvalue weighted by atomic mass is 9.99. The van der Waals surface area contributed by atoms with Crippen molar-refractivity contribution in [1.29, 1.82) is 0 Å². The highest BCUT2D eigenvalue weighted by Gasteiger charge is 2.43. The number of fused-ring (bicyclic) bond motifs is 1. The van der Waals surface area contributed by atoms with E-state index in [1.807, 2.05) is 0 Å². The predicted molar refractivity (Wildman–Crippen MR) is 82.6 cm³/mol. The smallest absolute Gasteiger partial charge is 0.246 e.